The third kappa shape index (κ3) is 16.9. The maximum absolute atomic E-state index is 7.57. The van der Waals surface area contributed by atoms with Crippen LogP contribution in [0.2, 0.25) is 15.8 Å². The SMILES string of the molecule is CCC[CH2][Al]([CH2]CCC)[CH2]CCC.CCO. The van der Waals surface area contributed by atoms with Gasteiger partial charge >= 0.3 is 0 Å². The molecule has 0 atom stereocenters. The normalized spacial score (nSPS) is 9.56. The number of hydrogen-bond acceptors (Lipinski definition) is 1. The van der Waals surface area contributed by atoms with Crippen LogP contribution in [0.25, 0.3) is 0 Å². The zero-order chi connectivity index (χ0) is 12.6. The van der Waals surface area contributed by atoms with E-state index >= 15 is 0 Å². The van der Waals surface area contributed by atoms with Crippen molar-refractivity contribution in [2.75, 3.05) is 6.61 Å². The van der Waals surface area contributed by atoms with Gasteiger partial charge in [-0.3, -0.25) is 0 Å². The number of rotatable bonds is 9. The fourth-order valence-electron chi connectivity index (χ4n) is 1.91. The molecule has 0 heterocycles. The summed E-state index contributed by atoms with van der Waals surface area (Å²) in [6.07, 6.45) is 8.73. The molecule has 0 aromatic heterocycles. The summed E-state index contributed by atoms with van der Waals surface area (Å²) in [5, 5.41) is 12.4. The molecule has 0 rings (SSSR count). The Balaban J connectivity index is 0. The number of hydrogen-bond donors (Lipinski definition) is 1. The van der Waals surface area contributed by atoms with Crippen molar-refractivity contribution in [3.63, 3.8) is 0 Å². The van der Waals surface area contributed by atoms with Crippen molar-refractivity contribution in [1.29, 1.82) is 0 Å². The second kappa shape index (κ2) is 17.9. The van der Waals surface area contributed by atoms with Gasteiger partial charge in [-0.25, -0.2) is 0 Å². The first-order chi connectivity index (χ1) is 7.76. The standard InChI is InChI=1S/3C4H9.C2H6O.Al/c3*1-3-4-2;1-2-3;/h3*1,3-4H2,2H3;3H,2H2,1H3;. The van der Waals surface area contributed by atoms with E-state index in [-0.39, 0.29) is 20.8 Å². The zero-order valence-corrected chi connectivity index (χ0v) is 13.3. The van der Waals surface area contributed by atoms with Gasteiger partial charge in [0.25, 0.3) is 14.1 Å². The van der Waals surface area contributed by atoms with E-state index < -0.39 is 0 Å². The highest BCUT2D eigenvalue weighted by molar-refractivity contribution is 6.58. The first-order valence-corrected chi connectivity index (χ1v) is 9.82. The first-order valence-electron chi connectivity index (χ1n) is 7.37. The molecule has 98 valence electrons. The molecule has 0 fully saturated rings. The largest absolute Gasteiger partial charge is 0.397 e. The summed E-state index contributed by atoms with van der Waals surface area (Å²) in [6, 6.07) is 0. The Kier molecular flexibility index (Phi) is 21.1. The van der Waals surface area contributed by atoms with E-state index in [1.807, 2.05) is 0 Å². The minimum Gasteiger partial charge on any atom is -0.397 e. The van der Waals surface area contributed by atoms with Crippen molar-refractivity contribution in [2.45, 2.75) is 82.1 Å². The van der Waals surface area contributed by atoms with E-state index in [1.165, 1.54) is 38.5 Å². The average molecular weight is 244 g/mol. The van der Waals surface area contributed by atoms with Gasteiger partial charge in [0.1, 0.15) is 0 Å². The third-order valence-electron chi connectivity index (χ3n) is 2.90. The quantitative estimate of drug-likeness (QED) is 0.573. The highest BCUT2D eigenvalue weighted by Crippen LogP contribution is 2.16. The lowest BCUT2D eigenvalue weighted by Gasteiger charge is -2.09. The molecule has 0 amide bonds. The van der Waals surface area contributed by atoms with Gasteiger partial charge in [0, 0.05) is 6.61 Å². The Hall–Kier alpha value is 0.492. The lowest BCUT2D eigenvalue weighted by atomic mass is 10.4. The Morgan fingerprint density at radius 3 is 1.12 bits per heavy atom. The number of aliphatic hydroxyl groups is 1. The summed E-state index contributed by atoms with van der Waals surface area (Å²) >= 11 is -0.287. The van der Waals surface area contributed by atoms with Crippen LogP contribution in [0.4, 0.5) is 0 Å². The van der Waals surface area contributed by atoms with Crippen molar-refractivity contribution >= 4 is 14.1 Å². The summed E-state index contributed by atoms with van der Waals surface area (Å²) in [5.41, 5.74) is 0. The van der Waals surface area contributed by atoms with E-state index in [0.717, 1.165) is 0 Å². The molecule has 1 nitrogen and oxygen atoms in total. The molecule has 1 N–H and O–H groups in total. The van der Waals surface area contributed by atoms with Gasteiger partial charge in [-0.15, -0.1) is 0 Å². The summed E-state index contributed by atoms with van der Waals surface area (Å²) in [7, 11) is 0. The van der Waals surface area contributed by atoms with Crippen molar-refractivity contribution in [2.24, 2.45) is 0 Å². The van der Waals surface area contributed by atoms with Crippen LogP contribution in [-0.4, -0.2) is 25.9 Å². The van der Waals surface area contributed by atoms with Gasteiger partial charge in [-0.2, -0.15) is 0 Å². The molecule has 0 aromatic rings. The molecule has 0 saturated carbocycles. The van der Waals surface area contributed by atoms with Crippen molar-refractivity contribution < 1.29 is 5.11 Å². The Morgan fingerprint density at radius 2 is 0.938 bits per heavy atom. The minimum atomic E-state index is -0.287. The van der Waals surface area contributed by atoms with E-state index in [2.05, 4.69) is 20.8 Å². The Labute approximate surface area is 108 Å². The lowest BCUT2D eigenvalue weighted by molar-refractivity contribution is 0.318. The minimum absolute atomic E-state index is 0.250. The van der Waals surface area contributed by atoms with Crippen molar-refractivity contribution in [3.8, 4) is 0 Å². The molecule has 0 spiro atoms. The Morgan fingerprint density at radius 1 is 0.688 bits per heavy atom. The summed E-state index contributed by atoms with van der Waals surface area (Å²) < 4.78 is 0. The van der Waals surface area contributed by atoms with Gasteiger partial charge in [0.2, 0.25) is 0 Å². The topological polar surface area (TPSA) is 20.2 Å². The molecule has 0 saturated heterocycles. The monoisotopic (exact) mass is 244 g/mol. The Bertz CT molecular complexity index is 87.9. The van der Waals surface area contributed by atoms with Crippen LogP contribution >= 0.6 is 0 Å². The highest BCUT2D eigenvalue weighted by Gasteiger charge is 2.14. The van der Waals surface area contributed by atoms with E-state index in [9.17, 15) is 0 Å². The van der Waals surface area contributed by atoms with Crippen LogP contribution in [0.1, 0.15) is 66.2 Å². The van der Waals surface area contributed by atoms with Crippen LogP contribution in [0.5, 0.6) is 0 Å². The van der Waals surface area contributed by atoms with Crippen LogP contribution in [-0.2, 0) is 0 Å². The maximum atomic E-state index is 7.57. The van der Waals surface area contributed by atoms with Crippen LogP contribution in [0.15, 0.2) is 0 Å². The molecule has 0 unspecified atom stereocenters. The van der Waals surface area contributed by atoms with Crippen LogP contribution in [0, 0.1) is 0 Å². The van der Waals surface area contributed by atoms with Gasteiger partial charge in [0.05, 0.1) is 0 Å². The fraction of sp³-hybridized carbons (Fsp3) is 1.00. The van der Waals surface area contributed by atoms with E-state index in [1.54, 1.807) is 22.8 Å². The van der Waals surface area contributed by atoms with Crippen LogP contribution in [0.3, 0.4) is 0 Å². The number of unbranched alkanes of at least 4 members (excludes halogenated alkanes) is 3. The van der Waals surface area contributed by atoms with Gasteiger partial charge < -0.3 is 5.11 Å². The zero-order valence-electron chi connectivity index (χ0n) is 12.1. The van der Waals surface area contributed by atoms with Crippen LogP contribution < -0.4 is 0 Å². The summed E-state index contributed by atoms with van der Waals surface area (Å²) in [6.45, 7) is 8.90. The van der Waals surface area contributed by atoms with Crippen molar-refractivity contribution in [3.05, 3.63) is 0 Å². The first kappa shape index (κ1) is 18.8. The molecule has 0 radical (unpaired) electrons. The molecule has 0 bridgehead atoms. The van der Waals surface area contributed by atoms with Gasteiger partial charge in [-0.1, -0.05) is 75.1 Å². The second-order valence-electron chi connectivity index (χ2n) is 4.61. The highest BCUT2D eigenvalue weighted by atomic mass is 27.2. The van der Waals surface area contributed by atoms with E-state index in [0.29, 0.717) is 0 Å². The fourth-order valence-corrected chi connectivity index (χ4v) is 5.73. The average Bonchev–Trinajstić information content (AvgIpc) is 2.29. The molecule has 0 aromatic carbocycles. The number of aliphatic hydroxyl groups excluding tert-OH is 1. The predicted octanol–water partition coefficient (Wildman–Crippen LogP) is 4.88. The van der Waals surface area contributed by atoms with E-state index in [4.69, 9.17) is 5.11 Å². The van der Waals surface area contributed by atoms with Crippen molar-refractivity contribution in [1.82, 2.24) is 0 Å². The maximum Gasteiger partial charge on any atom is 0.261 e. The summed E-state index contributed by atoms with van der Waals surface area (Å²) in [4.78, 5) is 0. The molecule has 16 heavy (non-hydrogen) atoms. The molecule has 0 aliphatic carbocycles. The third-order valence-corrected chi connectivity index (χ3v) is 6.57. The van der Waals surface area contributed by atoms with Gasteiger partial charge in [0.15, 0.2) is 0 Å². The lowest BCUT2D eigenvalue weighted by Crippen LogP contribution is -2.11. The molecular weight excluding hydrogens is 211 g/mol. The molecule has 0 aliphatic rings. The van der Waals surface area contributed by atoms with Gasteiger partial charge in [-0.05, 0) is 6.92 Å². The molecule has 0 aliphatic heterocycles. The molecular formula is C14H33AlO. The molecule has 2 heteroatoms. The predicted molar refractivity (Wildman–Crippen MR) is 77.7 cm³/mol. The summed E-state index contributed by atoms with van der Waals surface area (Å²) in [5.74, 6) is 0. The second-order valence-corrected chi connectivity index (χ2v) is 8.07. The smallest absolute Gasteiger partial charge is 0.261 e.